The molecule has 2 fully saturated rings. The summed E-state index contributed by atoms with van der Waals surface area (Å²) in [6, 6.07) is 0. The minimum atomic E-state index is -0.307. The van der Waals surface area contributed by atoms with Crippen LogP contribution in [-0.2, 0) is 9.53 Å². The van der Waals surface area contributed by atoms with Gasteiger partial charge in [-0.1, -0.05) is 64.5 Å². The Kier molecular flexibility index (Phi) is 6.29. The first-order valence-electron chi connectivity index (χ1n) is 12.6. The first kappa shape index (κ1) is 22.8. The van der Waals surface area contributed by atoms with E-state index in [1.54, 1.807) is 0 Å². The number of rotatable bonds is 4. The van der Waals surface area contributed by atoms with Crippen LogP contribution in [0.1, 0.15) is 73.6 Å². The summed E-state index contributed by atoms with van der Waals surface area (Å²) in [5.41, 5.74) is 2.54. The molecule has 9 atom stereocenters. The van der Waals surface area contributed by atoms with Crippen LogP contribution in [0.5, 0.6) is 0 Å². The number of aliphatic hydroxyl groups is 1. The predicted molar refractivity (Wildman–Crippen MR) is 125 cm³/mol. The molecule has 0 saturated heterocycles. The van der Waals surface area contributed by atoms with Gasteiger partial charge in [-0.05, 0) is 79.1 Å². The molecular weight excluding hydrogens is 384 g/mol. The van der Waals surface area contributed by atoms with E-state index >= 15 is 0 Å². The lowest BCUT2D eigenvalue weighted by molar-refractivity contribution is -0.149. The largest absolute Gasteiger partial charge is 0.457 e. The van der Waals surface area contributed by atoms with Gasteiger partial charge in [-0.15, -0.1) is 0 Å². The lowest BCUT2D eigenvalue weighted by atomic mass is 9.52. The molecule has 172 valence electrons. The summed E-state index contributed by atoms with van der Waals surface area (Å²) < 4.78 is 5.86. The Bertz CT molecular complexity index is 790. The third-order valence-corrected chi connectivity index (χ3v) is 9.57. The molecule has 31 heavy (non-hydrogen) atoms. The normalized spacial score (nSPS) is 42.1. The Balaban J connectivity index is 1.60. The number of fused-ring (bicyclic) bond motifs is 4. The minimum Gasteiger partial charge on any atom is -0.457 e. The third kappa shape index (κ3) is 3.96. The fraction of sp³-hybridized carbons (Fsp3) is 0.750. The van der Waals surface area contributed by atoms with E-state index in [-0.39, 0.29) is 29.5 Å². The molecule has 9 unspecified atom stereocenters. The summed E-state index contributed by atoms with van der Waals surface area (Å²) in [7, 11) is 0. The van der Waals surface area contributed by atoms with E-state index in [1.165, 1.54) is 18.4 Å². The Morgan fingerprint density at radius 2 is 1.94 bits per heavy atom. The van der Waals surface area contributed by atoms with E-state index < -0.39 is 0 Å². The van der Waals surface area contributed by atoms with E-state index in [1.807, 2.05) is 6.08 Å². The molecule has 0 aromatic carbocycles. The average molecular weight is 427 g/mol. The van der Waals surface area contributed by atoms with Gasteiger partial charge in [0.05, 0.1) is 12.5 Å². The zero-order chi connectivity index (χ0) is 22.5. The van der Waals surface area contributed by atoms with E-state index in [2.05, 4.69) is 59.8 Å². The van der Waals surface area contributed by atoms with Crippen LogP contribution in [-0.4, -0.2) is 23.3 Å². The highest BCUT2D eigenvalue weighted by atomic mass is 16.5. The van der Waals surface area contributed by atoms with Crippen LogP contribution < -0.4 is 0 Å². The highest BCUT2D eigenvalue weighted by Crippen LogP contribution is 2.64. The van der Waals surface area contributed by atoms with Crippen LogP contribution in [0.2, 0.25) is 0 Å². The van der Waals surface area contributed by atoms with Gasteiger partial charge in [0.1, 0.15) is 6.10 Å². The molecular formula is C28H42O3. The maximum atomic E-state index is 12.1. The van der Waals surface area contributed by atoms with Gasteiger partial charge in [0, 0.05) is 5.92 Å². The number of aliphatic hydroxyl groups excluding tert-OH is 1. The van der Waals surface area contributed by atoms with Crippen molar-refractivity contribution in [3.05, 3.63) is 35.5 Å². The fourth-order valence-electron chi connectivity index (χ4n) is 7.56. The van der Waals surface area contributed by atoms with Gasteiger partial charge in [0.25, 0.3) is 0 Å². The van der Waals surface area contributed by atoms with Crippen LogP contribution in [0, 0.1) is 46.8 Å². The molecule has 3 nitrogen and oxygen atoms in total. The van der Waals surface area contributed by atoms with Gasteiger partial charge in [-0.3, -0.25) is 4.79 Å². The van der Waals surface area contributed by atoms with Crippen molar-refractivity contribution in [2.45, 2.75) is 85.9 Å². The molecule has 0 bridgehead atoms. The number of allylic oxidation sites excluding steroid dienone is 2. The summed E-state index contributed by atoms with van der Waals surface area (Å²) in [6.07, 6.45) is 13.0. The Hall–Kier alpha value is -1.35. The summed E-state index contributed by atoms with van der Waals surface area (Å²) >= 11 is 0. The predicted octanol–water partition coefficient (Wildman–Crippen LogP) is 6.09. The smallest absolute Gasteiger partial charge is 0.310 e. The van der Waals surface area contributed by atoms with E-state index in [0.717, 1.165) is 18.4 Å². The van der Waals surface area contributed by atoms with Crippen molar-refractivity contribution in [1.29, 1.82) is 0 Å². The minimum absolute atomic E-state index is 0.121. The number of ether oxygens (including phenoxy) is 1. The highest BCUT2D eigenvalue weighted by Gasteiger charge is 2.59. The Morgan fingerprint density at radius 3 is 2.65 bits per heavy atom. The Labute approximate surface area is 189 Å². The molecule has 3 heteroatoms. The molecule has 0 aromatic heterocycles. The van der Waals surface area contributed by atoms with Gasteiger partial charge >= 0.3 is 5.97 Å². The molecule has 4 aliphatic rings. The van der Waals surface area contributed by atoms with Gasteiger partial charge in [0.15, 0.2) is 0 Å². The number of carbonyl (C=O) groups excluding carboxylic acids is 1. The standard InChI is InChI=1S/C28H42O3/c1-16(2)17(3)10-11-18(4)22-12-13-23-21-14-25-20(8-7-9-26(30)31-25)19(5)27(21)24(29)15-28(22,23)6/h7-8,10-11,16-18,21-25,27,29H,9,12-15H2,1-6H3. The Morgan fingerprint density at radius 1 is 1.19 bits per heavy atom. The number of esters is 1. The quantitative estimate of drug-likeness (QED) is 0.437. The van der Waals surface area contributed by atoms with Crippen molar-refractivity contribution in [3.63, 3.8) is 0 Å². The second-order valence-corrected chi connectivity index (χ2v) is 11.6. The zero-order valence-electron chi connectivity index (χ0n) is 20.3. The van der Waals surface area contributed by atoms with E-state index in [9.17, 15) is 9.90 Å². The molecule has 3 aliphatic carbocycles. The van der Waals surface area contributed by atoms with Crippen molar-refractivity contribution in [1.82, 2.24) is 0 Å². The van der Waals surface area contributed by atoms with E-state index in [4.69, 9.17) is 4.74 Å². The van der Waals surface area contributed by atoms with Crippen LogP contribution in [0.15, 0.2) is 35.5 Å². The molecule has 0 aromatic rings. The molecule has 0 spiro atoms. The second kappa shape index (κ2) is 8.54. The van der Waals surface area contributed by atoms with Gasteiger partial charge in [0.2, 0.25) is 0 Å². The number of carbonyl (C=O) groups is 1. The average Bonchev–Trinajstić information content (AvgIpc) is 2.92. The molecule has 0 radical (unpaired) electrons. The van der Waals surface area contributed by atoms with Crippen molar-refractivity contribution in [2.75, 3.05) is 0 Å². The molecule has 1 heterocycles. The molecule has 1 N–H and O–H groups in total. The maximum absolute atomic E-state index is 12.1. The summed E-state index contributed by atoms with van der Waals surface area (Å²) in [4.78, 5) is 12.1. The van der Waals surface area contributed by atoms with Crippen LogP contribution in [0.25, 0.3) is 0 Å². The third-order valence-electron chi connectivity index (χ3n) is 9.57. The molecule has 4 rings (SSSR count). The topological polar surface area (TPSA) is 46.5 Å². The highest BCUT2D eigenvalue weighted by molar-refractivity contribution is 5.73. The van der Waals surface area contributed by atoms with Gasteiger partial charge in [-0.2, -0.15) is 0 Å². The fourth-order valence-corrected chi connectivity index (χ4v) is 7.56. The van der Waals surface area contributed by atoms with Crippen molar-refractivity contribution in [3.8, 4) is 0 Å². The van der Waals surface area contributed by atoms with Crippen molar-refractivity contribution < 1.29 is 14.6 Å². The lowest BCUT2D eigenvalue weighted by Gasteiger charge is -2.54. The second-order valence-electron chi connectivity index (χ2n) is 11.6. The van der Waals surface area contributed by atoms with Crippen LogP contribution >= 0.6 is 0 Å². The molecule has 0 amide bonds. The SMILES string of the molecule is CC1=C2C=CCC(=O)OC2CC2C1C(O)CC1(C)C(C(C)C=CC(C)C(C)C)CCC21. The maximum Gasteiger partial charge on any atom is 0.310 e. The summed E-state index contributed by atoms with van der Waals surface area (Å²) in [5.74, 6) is 3.45. The van der Waals surface area contributed by atoms with Gasteiger partial charge in [-0.25, -0.2) is 0 Å². The first-order chi connectivity index (χ1) is 14.6. The summed E-state index contributed by atoms with van der Waals surface area (Å²) in [5, 5.41) is 11.4. The number of hydrogen-bond acceptors (Lipinski definition) is 3. The van der Waals surface area contributed by atoms with E-state index in [0.29, 0.717) is 41.9 Å². The molecule has 1 aliphatic heterocycles. The van der Waals surface area contributed by atoms with Crippen molar-refractivity contribution >= 4 is 5.97 Å². The van der Waals surface area contributed by atoms with Crippen LogP contribution in [0.4, 0.5) is 0 Å². The van der Waals surface area contributed by atoms with Gasteiger partial charge < -0.3 is 9.84 Å². The monoisotopic (exact) mass is 426 g/mol. The molecule has 2 saturated carbocycles. The lowest BCUT2D eigenvalue weighted by Crippen LogP contribution is -2.52. The summed E-state index contributed by atoms with van der Waals surface area (Å²) in [6.45, 7) is 13.9. The zero-order valence-corrected chi connectivity index (χ0v) is 20.3. The van der Waals surface area contributed by atoms with Crippen LogP contribution in [0.3, 0.4) is 0 Å². The first-order valence-corrected chi connectivity index (χ1v) is 12.6. The van der Waals surface area contributed by atoms with Crippen molar-refractivity contribution in [2.24, 2.45) is 46.8 Å². The number of hydrogen-bond donors (Lipinski definition) is 1.